The SMILES string of the molecule is COc1ccc2nc3ccccc3[n+](CCO)c2c1. The molecule has 0 atom stereocenters. The van der Waals surface area contributed by atoms with Crippen LogP contribution in [-0.2, 0) is 6.54 Å². The van der Waals surface area contributed by atoms with Crippen molar-refractivity contribution in [2.75, 3.05) is 13.7 Å². The Kier molecular flexibility index (Phi) is 3.01. The summed E-state index contributed by atoms with van der Waals surface area (Å²) in [7, 11) is 1.64. The van der Waals surface area contributed by atoms with Crippen LogP contribution in [0, 0.1) is 0 Å². The van der Waals surface area contributed by atoms with Gasteiger partial charge in [-0.3, -0.25) is 0 Å². The summed E-state index contributed by atoms with van der Waals surface area (Å²) < 4.78 is 7.33. The molecule has 0 radical (unpaired) electrons. The van der Waals surface area contributed by atoms with E-state index in [1.165, 1.54) is 0 Å². The van der Waals surface area contributed by atoms with Crippen molar-refractivity contribution in [3.63, 3.8) is 0 Å². The summed E-state index contributed by atoms with van der Waals surface area (Å²) in [6, 6.07) is 13.7. The standard InChI is InChI=1S/C15H15N2O2/c1-19-11-6-7-13-15(10-11)17(8-9-18)14-5-3-2-4-12(14)16-13/h2-7,10,18H,8-9H2,1H3/q+1. The highest BCUT2D eigenvalue weighted by atomic mass is 16.5. The summed E-state index contributed by atoms with van der Waals surface area (Å²) in [5.41, 5.74) is 3.80. The van der Waals surface area contributed by atoms with Gasteiger partial charge in [-0.2, -0.15) is 4.57 Å². The zero-order valence-electron chi connectivity index (χ0n) is 10.7. The van der Waals surface area contributed by atoms with Crippen molar-refractivity contribution in [2.24, 2.45) is 0 Å². The molecule has 96 valence electrons. The van der Waals surface area contributed by atoms with E-state index in [1.807, 2.05) is 42.5 Å². The van der Waals surface area contributed by atoms with Crippen molar-refractivity contribution in [3.8, 4) is 5.75 Å². The number of aliphatic hydroxyl groups is 1. The average Bonchev–Trinajstić information content (AvgIpc) is 2.47. The number of para-hydroxylation sites is 2. The van der Waals surface area contributed by atoms with Gasteiger partial charge in [-0.05, 0) is 18.2 Å². The van der Waals surface area contributed by atoms with E-state index in [2.05, 4.69) is 9.55 Å². The van der Waals surface area contributed by atoms with Crippen molar-refractivity contribution >= 4 is 22.1 Å². The van der Waals surface area contributed by atoms with Crippen LogP contribution in [0.25, 0.3) is 22.1 Å². The van der Waals surface area contributed by atoms with Crippen LogP contribution in [-0.4, -0.2) is 23.8 Å². The molecule has 0 saturated carbocycles. The summed E-state index contributed by atoms with van der Waals surface area (Å²) in [5.74, 6) is 0.788. The van der Waals surface area contributed by atoms with Gasteiger partial charge in [0, 0.05) is 6.07 Å². The third-order valence-corrected chi connectivity index (χ3v) is 3.21. The Morgan fingerprint density at radius 2 is 1.89 bits per heavy atom. The van der Waals surface area contributed by atoms with E-state index in [0.717, 1.165) is 27.8 Å². The lowest BCUT2D eigenvalue weighted by Gasteiger charge is -2.05. The number of rotatable bonds is 3. The molecule has 0 saturated heterocycles. The van der Waals surface area contributed by atoms with Crippen LogP contribution in [0.1, 0.15) is 0 Å². The first-order chi connectivity index (χ1) is 9.33. The third kappa shape index (κ3) is 2.00. The lowest BCUT2D eigenvalue weighted by molar-refractivity contribution is -0.647. The van der Waals surface area contributed by atoms with Crippen LogP contribution in [0.5, 0.6) is 5.75 Å². The maximum Gasteiger partial charge on any atom is 0.235 e. The van der Waals surface area contributed by atoms with Gasteiger partial charge in [0.05, 0.1) is 13.2 Å². The van der Waals surface area contributed by atoms with E-state index in [4.69, 9.17) is 4.74 Å². The predicted molar refractivity (Wildman–Crippen MR) is 73.1 cm³/mol. The minimum Gasteiger partial charge on any atom is -0.497 e. The molecule has 0 fully saturated rings. The van der Waals surface area contributed by atoms with E-state index in [1.54, 1.807) is 7.11 Å². The van der Waals surface area contributed by atoms with Crippen LogP contribution in [0.15, 0.2) is 42.5 Å². The summed E-state index contributed by atoms with van der Waals surface area (Å²) in [5, 5.41) is 9.29. The first-order valence-corrected chi connectivity index (χ1v) is 6.20. The topological polar surface area (TPSA) is 46.2 Å². The molecule has 1 heterocycles. The van der Waals surface area contributed by atoms with Crippen molar-refractivity contribution in [1.82, 2.24) is 4.98 Å². The molecule has 1 aromatic heterocycles. The molecule has 0 bridgehead atoms. The summed E-state index contributed by atoms with van der Waals surface area (Å²) in [4.78, 5) is 4.64. The fourth-order valence-corrected chi connectivity index (χ4v) is 2.33. The molecule has 0 unspecified atom stereocenters. The molecule has 3 aromatic rings. The Morgan fingerprint density at radius 1 is 1.11 bits per heavy atom. The molecule has 2 aromatic carbocycles. The van der Waals surface area contributed by atoms with Gasteiger partial charge >= 0.3 is 0 Å². The smallest absolute Gasteiger partial charge is 0.235 e. The zero-order chi connectivity index (χ0) is 13.2. The summed E-state index contributed by atoms with van der Waals surface area (Å²) >= 11 is 0. The molecule has 0 aliphatic rings. The molecule has 3 rings (SSSR count). The van der Waals surface area contributed by atoms with Crippen molar-refractivity contribution in [3.05, 3.63) is 42.5 Å². The van der Waals surface area contributed by atoms with Gasteiger partial charge in [-0.1, -0.05) is 12.1 Å². The lowest BCUT2D eigenvalue weighted by atomic mass is 10.2. The second kappa shape index (κ2) is 4.82. The minimum absolute atomic E-state index is 0.0883. The maximum atomic E-state index is 9.29. The fraction of sp³-hybridized carbons (Fsp3) is 0.200. The number of hydrogen-bond acceptors (Lipinski definition) is 3. The van der Waals surface area contributed by atoms with Crippen molar-refractivity contribution in [1.29, 1.82) is 0 Å². The number of methoxy groups -OCH3 is 1. The van der Waals surface area contributed by atoms with Gasteiger partial charge in [-0.15, -0.1) is 0 Å². The molecule has 1 N–H and O–H groups in total. The predicted octanol–water partition coefficient (Wildman–Crippen LogP) is 1.68. The highest BCUT2D eigenvalue weighted by molar-refractivity contribution is 5.82. The zero-order valence-corrected chi connectivity index (χ0v) is 10.7. The van der Waals surface area contributed by atoms with Gasteiger partial charge in [0.15, 0.2) is 6.54 Å². The Bertz CT molecular complexity index is 741. The molecular formula is C15H15N2O2+. The molecular weight excluding hydrogens is 240 g/mol. The number of aliphatic hydroxyl groups excluding tert-OH is 1. The minimum atomic E-state index is 0.0883. The van der Waals surface area contributed by atoms with Crippen LogP contribution < -0.4 is 9.30 Å². The number of benzene rings is 2. The van der Waals surface area contributed by atoms with E-state index in [-0.39, 0.29) is 6.61 Å². The van der Waals surface area contributed by atoms with Gasteiger partial charge in [0.25, 0.3) is 0 Å². The van der Waals surface area contributed by atoms with E-state index in [9.17, 15) is 5.11 Å². The fourth-order valence-electron chi connectivity index (χ4n) is 2.33. The van der Waals surface area contributed by atoms with Crippen molar-refractivity contribution < 1.29 is 14.4 Å². The first kappa shape index (κ1) is 11.9. The molecule has 0 aliphatic heterocycles. The number of aromatic nitrogens is 2. The van der Waals surface area contributed by atoms with Gasteiger partial charge in [0.1, 0.15) is 23.4 Å². The lowest BCUT2D eigenvalue weighted by Crippen LogP contribution is -2.37. The number of fused-ring (bicyclic) bond motifs is 2. The maximum absolute atomic E-state index is 9.29. The average molecular weight is 255 g/mol. The molecule has 0 amide bonds. The molecule has 0 spiro atoms. The quantitative estimate of drug-likeness (QED) is 0.572. The third-order valence-electron chi connectivity index (χ3n) is 3.21. The van der Waals surface area contributed by atoms with Gasteiger partial charge < -0.3 is 9.84 Å². The first-order valence-electron chi connectivity index (χ1n) is 6.20. The Balaban J connectivity index is 2.41. The Morgan fingerprint density at radius 3 is 2.68 bits per heavy atom. The Labute approximate surface area is 110 Å². The second-order valence-electron chi connectivity index (χ2n) is 4.33. The summed E-state index contributed by atoms with van der Waals surface area (Å²) in [6.07, 6.45) is 0. The highest BCUT2D eigenvalue weighted by Gasteiger charge is 2.16. The molecule has 19 heavy (non-hydrogen) atoms. The molecule has 4 heteroatoms. The number of ether oxygens (including phenoxy) is 1. The van der Waals surface area contributed by atoms with Crippen molar-refractivity contribution in [2.45, 2.75) is 6.54 Å². The van der Waals surface area contributed by atoms with E-state index < -0.39 is 0 Å². The monoisotopic (exact) mass is 255 g/mol. The molecule has 4 nitrogen and oxygen atoms in total. The highest BCUT2D eigenvalue weighted by Crippen LogP contribution is 2.19. The van der Waals surface area contributed by atoms with Crippen LogP contribution >= 0.6 is 0 Å². The van der Waals surface area contributed by atoms with Crippen LogP contribution in [0.2, 0.25) is 0 Å². The van der Waals surface area contributed by atoms with Crippen LogP contribution in [0.3, 0.4) is 0 Å². The van der Waals surface area contributed by atoms with E-state index >= 15 is 0 Å². The molecule has 0 aliphatic carbocycles. The largest absolute Gasteiger partial charge is 0.497 e. The van der Waals surface area contributed by atoms with Crippen LogP contribution in [0.4, 0.5) is 0 Å². The van der Waals surface area contributed by atoms with E-state index in [0.29, 0.717) is 6.54 Å². The van der Waals surface area contributed by atoms with Gasteiger partial charge in [-0.25, -0.2) is 4.98 Å². The summed E-state index contributed by atoms with van der Waals surface area (Å²) in [6.45, 7) is 0.623. The Hall–Kier alpha value is -2.20. The second-order valence-corrected chi connectivity index (χ2v) is 4.33. The number of nitrogens with zero attached hydrogens (tertiary/aromatic N) is 2. The normalized spacial score (nSPS) is 11.1. The van der Waals surface area contributed by atoms with Gasteiger partial charge in [0.2, 0.25) is 11.0 Å². The number of hydrogen-bond donors (Lipinski definition) is 1.